The molecule has 1 fully saturated rings. The Hall–Kier alpha value is -1.14. The average Bonchev–Trinajstić information content (AvgIpc) is 2.28. The minimum atomic E-state index is -0.846. The van der Waals surface area contributed by atoms with Gasteiger partial charge in [0.15, 0.2) is 0 Å². The number of aliphatic carboxylic acids is 1. The minimum absolute atomic E-state index is 0.0738. The molecule has 1 unspecified atom stereocenters. The first kappa shape index (κ1) is 15.9. The fraction of sp³-hybridized carbons (Fsp3) is 0.846. The minimum Gasteiger partial charge on any atom is -0.481 e. The molecule has 6 heteroatoms. The van der Waals surface area contributed by atoms with E-state index in [1.54, 1.807) is 0 Å². The molecule has 110 valence electrons. The van der Waals surface area contributed by atoms with Crippen LogP contribution in [0, 0.1) is 0 Å². The highest BCUT2D eigenvalue weighted by Crippen LogP contribution is 2.28. The van der Waals surface area contributed by atoms with Crippen LogP contribution in [0.3, 0.4) is 0 Å². The summed E-state index contributed by atoms with van der Waals surface area (Å²) >= 11 is 0. The largest absolute Gasteiger partial charge is 0.481 e. The van der Waals surface area contributed by atoms with Crippen LogP contribution in [-0.4, -0.2) is 28.7 Å². The van der Waals surface area contributed by atoms with Crippen LogP contribution in [0.4, 0.5) is 0 Å². The third-order valence-electron chi connectivity index (χ3n) is 3.61. The first-order chi connectivity index (χ1) is 8.91. The quantitative estimate of drug-likeness (QED) is 0.508. The summed E-state index contributed by atoms with van der Waals surface area (Å²) in [4.78, 5) is 22.2. The molecule has 0 aliphatic heterocycles. The van der Waals surface area contributed by atoms with Crippen LogP contribution in [-0.2, 0) is 9.59 Å². The highest BCUT2D eigenvalue weighted by molar-refractivity contribution is 5.77. The molecule has 1 rings (SSSR count). The normalized spacial score (nSPS) is 19.7. The van der Waals surface area contributed by atoms with E-state index in [0.29, 0.717) is 19.3 Å². The highest BCUT2D eigenvalue weighted by atomic mass is 16.4. The second-order valence-electron chi connectivity index (χ2n) is 5.56. The molecule has 1 saturated carbocycles. The monoisotopic (exact) mass is 271 g/mol. The smallest absolute Gasteiger partial charge is 0.303 e. The number of amides is 1. The summed E-state index contributed by atoms with van der Waals surface area (Å²) in [6.45, 7) is 0. The van der Waals surface area contributed by atoms with Gasteiger partial charge in [-0.25, -0.2) is 0 Å². The van der Waals surface area contributed by atoms with Gasteiger partial charge in [-0.15, -0.1) is 0 Å². The van der Waals surface area contributed by atoms with Gasteiger partial charge in [0, 0.05) is 18.4 Å². The Labute approximate surface area is 113 Å². The topological polar surface area (TPSA) is 118 Å². The van der Waals surface area contributed by atoms with Crippen LogP contribution in [0.2, 0.25) is 0 Å². The van der Waals surface area contributed by atoms with Gasteiger partial charge < -0.3 is 21.9 Å². The Balaban J connectivity index is 2.24. The maximum atomic E-state index is 11.8. The molecule has 0 radical (unpaired) electrons. The van der Waals surface area contributed by atoms with Gasteiger partial charge in [-0.05, 0) is 25.7 Å². The van der Waals surface area contributed by atoms with E-state index in [1.807, 2.05) is 0 Å². The van der Waals surface area contributed by atoms with Crippen molar-refractivity contribution in [1.82, 2.24) is 5.32 Å². The Morgan fingerprint density at radius 1 is 1.26 bits per heavy atom. The van der Waals surface area contributed by atoms with Gasteiger partial charge in [-0.3, -0.25) is 9.59 Å². The molecule has 1 aliphatic rings. The van der Waals surface area contributed by atoms with Crippen LogP contribution < -0.4 is 16.8 Å². The second kappa shape index (κ2) is 7.45. The standard InChI is InChI=1S/C13H25N3O3/c14-10(5-4-6-12(18)19)16-11(17)9-13(15)7-2-1-3-8-13/h10H,1-9,14-15H2,(H,16,17)(H,18,19). The van der Waals surface area contributed by atoms with Gasteiger partial charge in [-0.1, -0.05) is 19.3 Å². The van der Waals surface area contributed by atoms with Crippen LogP contribution >= 0.6 is 0 Å². The first-order valence-corrected chi connectivity index (χ1v) is 6.97. The summed E-state index contributed by atoms with van der Waals surface area (Å²) in [6, 6.07) is 0. The molecule has 1 aliphatic carbocycles. The molecule has 0 aromatic carbocycles. The van der Waals surface area contributed by atoms with Crippen molar-refractivity contribution >= 4 is 11.9 Å². The zero-order valence-electron chi connectivity index (χ0n) is 11.4. The zero-order chi connectivity index (χ0) is 14.3. The molecule has 6 N–H and O–H groups in total. The van der Waals surface area contributed by atoms with Crippen LogP contribution in [0.25, 0.3) is 0 Å². The summed E-state index contributed by atoms with van der Waals surface area (Å²) in [5.74, 6) is -0.978. The lowest BCUT2D eigenvalue weighted by Crippen LogP contribution is -2.49. The summed E-state index contributed by atoms with van der Waals surface area (Å²) in [7, 11) is 0. The molecule has 1 amide bonds. The molecule has 6 nitrogen and oxygen atoms in total. The van der Waals surface area contributed by atoms with E-state index < -0.39 is 12.1 Å². The van der Waals surface area contributed by atoms with E-state index in [0.717, 1.165) is 25.7 Å². The lowest BCUT2D eigenvalue weighted by molar-refractivity contribution is -0.137. The van der Waals surface area contributed by atoms with Crippen molar-refractivity contribution in [2.24, 2.45) is 11.5 Å². The Bertz CT molecular complexity index is 314. The zero-order valence-corrected chi connectivity index (χ0v) is 11.4. The van der Waals surface area contributed by atoms with Crippen molar-refractivity contribution in [3.05, 3.63) is 0 Å². The molecule has 0 heterocycles. The van der Waals surface area contributed by atoms with Crippen molar-refractivity contribution in [3.63, 3.8) is 0 Å². The molecule has 1 atom stereocenters. The molecule has 0 aromatic heterocycles. The first-order valence-electron chi connectivity index (χ1n) is 6.97. The average molecular weight is 271 g/mol. The van der Waals surface area contributed by atoms with Crippen LogP contribution in [0.1, 0.15) is 57.8 Å². The van der Waals surface area contributed by atoms with Gasteiger partial charge in [0.1, 0.15) is 0 Å². The van der Waals surface area contributed by atoms with E-state index in [-0.39, 0.29) is 17.9 Å². The lowest BCUT2D eigenvalue weighted by Gasteiger charge is -2.33. The van der Waals surface area contributed by atoms with Crippen LogP contribution in [0.15, 0.2) is 0 Å². The number of nitrogens with two attached hydrogens (primary N) is 2. The third kappa shape index (κ3) is 6.54. The summed E-state index contributed by atoms with van der Waals surface area (Å²) in [5.41, 5.74) is 11.6. The van der Waals surface area contributed by atoms with Crippen molar-refractivity contribution in [2.45, 2.75) is 69.5 Å². The summed E-state index contributed by atoms with van der Waals surface area (Å²) in [5, 5.41) is 11.2. The van der Waals surface area contributed by atoms with Crippen LogP contribution in [0.5, 0.6) is 0 Å². The van der Waals surface area contributed by atoms with E-state index in [4.69, 9.17) is 16.6 Å². The summed E-state index contributed by atoms with van der Waals surface area (Å²) < 4.78 is 0. The van der Waals surface area contributed by atoms with Crippen molar-refractivity contribution in [2.75, 3.05) is 0 Å². The second-order valence-corrected chi connectivity index (χ2v) is 5.56. The number of carboxylic acids is 1. The predicted octanol–water partition coefficient (Wildman–Crippen LogP) is 0.694. The van der Waals surface area contributed by atoms with Crippen molar-refractivity contribution < 1.29 is 14.7 Å². The molecule has 0 bridgehead atoms. The third-order valence-corrected chi connectivity index (χ3v) is 3.61. The Morgan fingerprint density at radius 2 is 1.89 bits per heavy atom. The lowest BCUT2D eigenvalue weighted by atomic mass is 9.80. The maximum absolute atomic E-state index is 11.8. The summed E-state index contributed by atoms with van der Waals surface area (Å²) in [6.07, 6.45) is 5.94. The molecule has 0 aromatic rings. The maximum Gasteiger partial charge on any atom is 0.303 e. The van der Waals surface area contributed by atoms with E-state index >= 15 is 0 Å². The van der Waals surface area contributed by atoms with E-state index in [2.05, 4.69) is 5.32 Å². The molecular formula is C13H25N3O3. The molecule has 0 saturated heterocycles. The van der Waals surface area contributed by atoms with Crippen molar-refractivity contribution in [3.8, 4) is 0 Å². The number of carboxylic acid groups (broad SMARTS) is 1. The number of hydrogen-bond donors (Lipinski definition) is 4. The van der Waals surface area contributed by atoms with Gasteiger partial charge >= 0.3 is 5.97 Å². The fourth-order valence-corrected chi connectivity index (χ4v) is 2.56. The van der Waals surface area contributed by atoms with Gasteiger partial charge in [0.05, 0.1) is 6.17 Å². The molecule has 19 heavy (non-hydrogen) atoms. The van der Waals surface area contributed by atoms with E-state index in [1.165, 1.54) is 6.42 Å². The SMILES string of the molecule is NC(CCCC(=O)O)NC(=O)CC1(N)CCCCC1. The number of carbonyl (C=O) groups excluding carboxylic acids is 1. The van der Waals surface area contributed by atoms with Gasteiger partial charge in [0.25, 0.3) is 0 Å². The predicted molar refractivity (Wildman–Crippen MR) is 72.2 cm³/mol. The Kier molecular flexibility index (Phi) is 6.24. The van der Waals surface area contributed by atoms with Gasteiger partial charge in [-0.2, -0.15) is 0 Å². The Morgan fingerprint density at radius 3 is 2.47 bits per heavy atom. The fourth-order valence-electron chi connectivity index (χ4n) is 2.56. The molecule has 0 spiro atoms. The number of carbonyl (C=O) groups is 2. The number of nitrogens with one attached hydrogen (secondary N) is 1. The number of hydrogen-bond acceptors (Lipinski definition) is 4. The van der Waals surface area contributed by atoms with Gasteiger partial charge in [0.2, 0.25) is 5.91 Å². The molecular weight excluding hydrogens is 246 g/mol. The highest BCUT2D eigenvalue weighted by Gasteiger charge is 2.30. The number of rotatable bonds is 7. The van der Waals surface area contributed by atoms with E-state index in [9.17, 15) is 9.59 Å². The van der Waals surface area contributed by atoms with Crippen molar-refractivity contribution in [1.29, 1.82) is 0 Å².